The molecule has 2 aliphatic rings. The molecule has 0 aromatic heterocycles. The van der Waals surface area contributed by atoms with E-state index in [4.69, 9.17) is 5.73 Å². The predicted octanol–water partition coefficient (Wildman–Crippen LogP) is 2.00. The minimum Gasteiger partial charge on any atom is -0.350 e. The van der Waals surface area contributed by atoms with Crippen LogP contribution in [0.4, 0.5) is 0 Å². The number of nitrogens with two attached hydrogens (primary N) is 1. The SMILES string of the molecule is Cc1cccc(C(=O)N2CCN(S(=O)(=O)Cc3ccccc3)C2C(=O)NC2CCC(N)CC2)c1. The van der Waals surface area contributed by atoms with Gasteiger partial charge >= 0.3 is 0 Å². The first-order valence-corrected chi connectivity index (χ1v) is 13.3. The molecule has 182 valence electrons. The number of benzene rings is 2. The van der Waals surface area contributed by atoms with Crippen LogP contribution in [-0.2, 0) is 20.6 Å². The monoisotopic (exact) mass is 484 g/mol. The second kappa shape index (κ2) is 10.2. The fraction of sp³-hybridized carbons (Fsp3) is 0.440. The van der Waals surface area contributed by atoms with E-state index in [0.717, 1.165) is 31.2 Å². The number of amides is 2. The molecule has 1 saturated carbocycles. The highest BCUT2D eigenvalue weighted by Gasteiger charge is 2.46. The molecule has 4 rings (SSSR count). The molecular weight excluding hydrogens is 452 g/mol. The molecule has 1 saturated heterocycles. The number of sulfonamides is 1. The van der Waals surface area contributed by atoms with E-state index in [9.17, 15) is 18.0 Å². The number of carbonyl (C=O) groups is 2. The van der Waals surface area contributed by atoms with Gasteiger partial charge in [0.25, 0.3) is 11.8 Å². The normalized spacial score (nSPS) is 23.6. The van der Waals surface area contributed by atoms with Gasteiger partial charge in [0.1, 0.15) is 0 Å². The van der Waals surface area contributed by atoms with Gasteiger partial charge < -0.3 is 16.0 Å². The zero-order valence-corrected chi connectivity index (χ0v) is 20.2. The molecular formula is C25H32N4O4S. The van der Waals surface area contributed by atoms with Crippen molar-refractivity contribution in [3.05, 3.63) is 71.3 Å². The lowest BCUT2D eigenvalue weighted by atomic mass is 9.92. The summed E-state index contributed by atoms with van der Waals surface area (Å²) in [6.07, 6.45) is 1.86. The van der Waals surface area contributed by atoms with Crippen LogP contribution in [0.15, 0.2) is 54.6 Å². The highest BCUT2D eigenvalue weighted by atomic mass is 32.2. The van der Waals surface area contributed by atoms with E-state index in [1.807, 2.05) is 19.1 Å². The second-order valence-corrected chi connectivity index (χ2v) is 11.1. The Bertz CT molecular complexity index is 1130. The number of aryl methyl sites for hydroxylation is 1. The molecule has 3 N–H and O–H groups in total. The molecule has 2 aromatic rings. The minimum absolute atomic E-state index is 0.0698. The molecule has 1 aliphatic heterocycles. The molecule has 9 heteroatoms. The Morgan fingerprint density at radius 3 is 2.38 bits per heavy atom. The summed E-state index contributed by atoms with van der Waals surface area (Å²) in [7, 11) is -3.86. The first-order valence-electron chi connectivity index (χ1n) is 11.7. The summed E-state index contributed by atoms with van der Waals surface area (Å²) in [4.78, 5) is 28.2. The van der Waals surface area contributed by atoms with Gasteiger partial charge in [0, 0.05) is 30.7 Å². The lowest BCUT2D eigenvalue weighted by molar-refractivity contribution is -0.128. The summed E-state index contributed by atoms with van der Waals surface area (Å²) in [5.74, 6) is -1.05. The number of hydrogen-bond donors (Lipinski definition) is 2. The van der Waals surface area contributed by atoms with Gasteiger partial charge in [-0.3, -0.25) is 9.59 Å². The summed E-state index contributed by atoms with van der Waals surface area (Å²) < 4.78 is 28.0. The molecule has 1 unspecified atom stereocenters. The third-order valence-corrected chi connectivity index (χ3v) is 8.35. The van der Waals surface area contributed by atoms with Crippen LogP contribution in [0, 0.1) is 6.92 Å². The van der Waals surface area contributed by atoms with Gasteiger partial charge in [-0.05, 0) is 50.3 Å². The van der Waals surface area contributed by atoms with E-state index in [0.29, 0.717) is 11.1 Å². The van der Waals surface area contributed by atoms with Gasteiger partial charge in [0.15, 0.2) is 6.17 Å². The second-order valence-electron chi connectivity index (χ2n) is 9.21. The fourth-order valence-corrected chi connectivity index (χ4v) is 6.39. The van der Waals surface area contributed by atoms with Crippen LogP contribution < -0.4 is 11.1 Å². The minimum atomic E-state index is -3.86. The van der Waals surface area contributed by atoms with Crippen molar-refractivity contribution in [1.82, 2.24) is 14.5 Å². The summed E-state index contributed by atoms with van der Waals surface area (Å²) >= 11 is 0. The topological polar surface area (TPSA) is 113 Å². The van der Waals surface area contributed by atoms with Crippen LogP contribution in [0.3, 0.4) is 0 Å². The van der Waals surface area contributed by atoms with Gasteiger partial charge in [-0.15, -0.1) is 0 Å². The van der Waals surface area contributed by atoms with Crippen molar-refractivity contribution < 1.29 is 18.0 Å². The average Bonchev–Trinajstić information content (AvgIpc) is 3.27. The van der Waals surface area contributed by atoms with Crippen molar-refractivity contribution in [1.29, 1.82) is 0 Å². The standard InChI is InChI=1S/C25H32N4O4S/c1-18-6-5-9-20(16-18)25(31)28-14-15-29(34(32,33)17-19-7-3-2-4-8-19)24(28)23(30)27-22-12-10-21(26)11-13-22/h2-9,16,21-22,24H,10-15,17,26H2,1H3,(H,27,30). The van der Waals surface area contributed by atoms with Crippen LogP contribution in [-0.4, -0.2) is 60.8 Å². The Labute approximate surface area is 201 Å². The van der Waals surface area contributed by atoms with Crippen molar-refractivity contribution in [3.63, 3.8) is 0 Å². The van der Waals surface area contributed by atoms with Crippen molar-refractivity contribution in [3.8, 4) is 0 Å². The van der Waals surface area contributed by atoms with E-state index in [1.54, 1.807) is 42.5 Å². The number of hydrogen-bond acceptors (Lipinski definition) is 5. The van der Waals surface area contributed by atoms with E-state index in [2.05, 4.69) is 5.32 Å². The van der Waals surface area contributed by atoms with Crippen LogP contribution in [0.2, 0.25) is 0 Å². The van der Waals surface area contributed by atoms with Gasteiger partial charge in [0.2, 0.25) is 10.0 Å². The highest BCUT2D eigenvalue weighted by molar-refractivity contribution is 7.88. The smallest absolute Gasteiger partial charge is 0.259 e. The maximum absolute atomic E-state index is 13.5. The van der Waals surface area contributed by atoms with Crippen LogP contribution in [0.25, 0.3) is 0 Å². The van der Waals surface area contributed by atoms with E-state index >= 15 is 0 Å². The van der Waals surface area contributed by atoms with Gasteiger partial charge in [-0.25, -0.2) is 8.42 Å². The van der Waals surface area contributed by atoms with E-state index in [-0.39, 0.29) is 36.8 Å². The maximum Gasteiger partial charge on any atom is 0.259 e. The summed E-state index contributed by atoms with van der Waals surface area (Å²) in [5, 5.41) is 3.00. The lowest BCUT2D eigenvalue weighted by Crippen LogP contribution is -2.56. The molecule has 2 fully saturated rings. The highest BCUT2D eigenvalue weighted by Crippen LogP contribution is 2.25. The Morgan fingerprint density at radius 2 is 1.71 bits per heavy atom. The molecule has 8 nitrogen and oxygen atoms in total. The maximum atomic E-state index is 13.5. The summed E-state index contributed by atoms with van der Waals surface area (Å²) in [6.45, 7) is 2.10. The van der Waals surface area contributed by atoms with E-state index in [1.165, 1.54) is 9.21 Å². The van der Waals surface area contributed by atoms with Crippen molar-refractivity contribution >= 4 is 21.8 Å². The zero-order valence-electron chi connectivity index (χ0n) is 19.4. The quantitative estimate of drug-likeness (QED) is 0.651. The van der Waals surface area contributed by atoms with Crippen LogP contribution in [0.5, 0.6) is 0 Å². The Balaban J connectivity index is 1.61. The van der Waals surface area contributed by atoms with Gasteiger partial charge in [0.05, 0.1) is 5.75 Å². The number of nitrogens with one attached hydrogen (secondary N) is 1. The zero-order chi connectivity index (χ0) is 24.3. The largest absolute Gasteiger partial charge is 0.350 e. The molecule has 0 radical (unpaired) electrons. The molecule has 0 spiro atoms. The van der Waals surface area contributed by atoms with Gasteiger partial charge in [-0.1, -0.05) is 48.0 Å². The molecule has 2 aromatic carbocycles. The molecule has 1 aliphatic carbocycles. The van der Waals surface area contributed by atoms with Crippen LogP contribution >= 0.6 is 0 Å². The Hall–Kier alpha value is -2.75. The molecule has 0 bridgehead atoms. The summed E-state index contributed by atoms with van der Waals surface area (Å²) in [6, 6.07) is 16.0. The third-order valence-electron chi connectivity index (χ3n) is 6.56. The first-order chi connectivity index (χ1) is 16.2. The average molecular weight is 485 g/mol. The Morgan fingerprint density at radius 1 is 1.00 bits per heavy atom. The number of nitrogens with zero attached hydrogens (tertiary/aromatic N) is 2. The molecule has 2 amide bonds. The number of rotatable bonds is 6. The van der Waals surface area contributed by atoms with Crippen molar-refractivity contribution in [2.45, 2.75) is 56.6 Å². The summed E-state index contributed by atoms with van der Waals surface area (Å²) in [5.41, 5.74) is 7.97. The third kappa shape index (κ3) is 5.48. The first kappa shape index (κ1) is 24.4. The lowest BCUT2D eigenvalue weighted by Gasteiger charge is -2.32. The predicted molar refractivity (Wildman–Crippen MR) is 130 cm³/mol. The van der Waals surface area contributed by atoms with Crippen molar-refractivity contribution in [2.75, 3.05) is 13.1 Å². The molecule has 1 heterocycles. The van der Waals surface area contributed by atoms with E-state index < -0.39 is 22.1 Å². The van der Waals surface area contributed by atoms with Crippen molar-refractivity contribution in [2.24, 2.45) is 5.73 Å². The van der Waals surface area contributed by atoms with Crippen LogP contribution in [0.1, 0.15) is 47.2 Å². The molecule has 34 heavy (non-hydrogen) atoms. The Kier molecular flexibility index (Phi) is 7.35. The van der Waals surface area contributed by atoms with Gasteiger partial charge in [-0.2, -0.15) is 4.31 Å². The number of carbonyl (C=O) groups excluding carboxylic acids is 2. The fourth-order valence-electron chi connectivity index (χ4n) is 4.73. The molecule has 1 atom stereocenters.